The molecule has 0 saturated carbocycles. The first-order valence-electron chi connectivity index (χ1n) is 7.36. The van der Waals surface area contributed by atoms with Crippen LogP contribution >= 0.6 is 0 Å². The molecule has 0 atom stereocenters. The second-order valence-corrected chi connectivity index (χ2v) is 7.21. The van der Waals surface area contributed by atoms with Gasteiger partial charge in [-0.2, -0.15) is 0 Å². The third-order valence-corrected chi connectivity index (χ3v) is 4.65. The maximum atomic E-state index is 11.5. The number of fused-ring (bicyclic) bond motifs is 1. The molecule has 22 heavy (non-hydrogen) atoms. The molecule has 114 valence electrons. The van der Waals surface area contributed by atoms with E-state index in [1.54, 1.807) is 6.07 Å². The van der Waals surface area contributed by atoms with Crippen molar-refractivity contribution in [1.82, 2.24) is 0 Å². The normalized spacial score (nSPS) is 11.6. The Hall–Kier alpha value is -0.390. The summed E-state index contributed by atoms with van der Waals surface area (Å²) in [6.07, 6.45) is 3.68. The van der Waals surface area contributed by atoms with E-state index in [-0.39, 0.29) is 34.5 Å². The molecule has 0 amide bonds. The molecule has 0 heterocycles. The van der Waals surface area contributed by atoms with Gasteiger partial charge in [0.25, 0.3) is 0 Å². The molecule has 0 aliphatic carbocycles. The Bertz CT molecular complexity index is 724. The molecule has 0 saturated heterocycles. The summed E-state index contributed by atoms with van der Waals surface area (Å²) in [5.74, 6) is 0.639. The molecule has 2 aromatic rings. The van der Waals surface area contributed by atoms with Gasteiger partial charge in [0.1, 0.15) is 10.1 Å². The second kappa shape index (κ2) is 8.46. The minimum atomic E-state index is -4.43. The van der Waals surface area contributed by atoms with Crippen LogP contribution in [0, 0.1) is 5.92 Å². The van der Waals surface area contributed by atoms with Gasteiger partial charge in [0.2, 0.25) is 0 Å². The quantitative estimate of drug-likeness (QED) is 0.453. The Morgan fingerprint density at radius 2 is 1.73 bits per heavy atom. The summed E-state index contributed by atoms with van der Waals surface area (Å²) in [6, 6.07) is 10.8. The number of aryl methyl sites for hydroxylation is 1. The summed E-state index contributed by atoms with van der Waals surface area (Å²) < 4.78 is 34.4. The van der Waals surface area contributed by atoms with Crippen molar-refractivity contribution in [2.24, 2.45) is 5.92 Å². The predicted octanol–water partition coefficient (Wildman–Crippen LogP) is 1.12. The summed E-state index contributed by atoms with van der Waals surface area (Å²) in [7, 11) is -4.43. The third-order valence-electron chi connectivity index (χ3n) is 3.73. The SMILES string of the molecule is CC(C)CCCCc1c(S(=O)(=O)[O-])ccc2ccccc12.[Na+]. The van der Waals surface area contributed by atoms with Gasteiger partial charge in [0.15, 0.2) is 0 Å². The van der Waals surface area contributed by atoms with E-state index in [9.17, 15) is 13.0 Å². The van der Waals surface area contributed by atoms with Crippen LogP contribution in [0.25, 0.3) is 10.8 Å². The molecule has 2 rings (SSSR count). The van der Waals surface area contributed by atoms with Crippen LogP contribution in [0.3, 0.4) is 0 Å². The van der Waals surface area contributed by atoms with Crippen LogP contribution in [0.5, 0.6) is 0 Å². The maximum absolute atomic E-state index is 11.5. The van der Waals surface area contributed by atoms with Crippen molar-refractivity contribution in [2.45, 2.75) is 44.4 Å². The average molecular weight is 328 g/mol. The molecule has 0 aliphatic heterocycles. The van der Waals surface area contributed by atoms with E-state index >= 15 is 0 Å². The monoisotopic (exact) mass is 328 g/mol. The van der Waals surface area contributed by atoms with E-state index in [1.807, 2.05) is 24.3 Å². The zero-order chi connectivity index (χ0) is 15.5. The largest absolute Gasteiger partial charge is 1.00 e. The topological polar surface area (TPSA) is 57.2 Å². The van der Waals surface area contributed by atoms with E-state index in [0.717, 1.165) is 30.0 Å². The van der Waals surface area contributed by atoms with Gasteiger partial charge in [-0.1, -0.05) is 57.0 Å². The van der Waals surface area contributed by atoms with Crippen molar-refractivity contribution < 1.29 is 42.5 Å². The Balaban J connectivity index is 0.00000242. The van der Waals surface area contributed by atoms with Crippen LogP contribution in [0.1, 0.15) is 38.7 Å². The second-order valence-electron chi connectivity index (χ2n) is 5.86. The summed E-state index contributed by atoms with van der Waals surface area (Å²) in [6.45, 7) is 4.34. The van der Waals surface area contributed by atoms with Gasteiger partial charge >= 0.3 is 29.6 Å². The van der Waals surface area contributed by atoms with Crippen molar-refractivity contribution in [3.63, 3.8) is 0 Å². The van der Waals surface area contributed by atoms with Crippen LogP contribution in [0.2, 0.25) is 0 Å². The minimum Gasteiger partial charge on any atom is -0.744 e. The Morgan fingerprint density at radius 3 is 2.36 bits per heavy atom. The molecule has 0 aromatic heterocycles. The molecule has 0 bridgehead atoms. The van der Waals surface area contributed by atoms with Crippen LogP contribution in [-0.4, -0.2) is 13.0 Å². The molecule has 0 aliphatic rings. The first-order valence-corrected chi connectivity index (χ1v) is 8.77. The van der Waals surface area contributed by atoms with E-state index in [0.29, 0.717) is 17.9 Å². The van der Waals surface area contributed by atoms with Gasteiger partial charge in [-0.15, -0.1) is 0 Å². The van der Waals surface area contributed by atoms with E-state index in [1.165, 1.54) is 6.07 Å². The van der Waals surface area contributed by atoms with Gasteiger partial charge in [-0.25, -0.2) is 8.42 Å². The van der Waals surface area contributed by atoms with Crippen molar-refractivity contribution in [3.8, 4) is 0 Å². The number of rotatable bonds is 6. The van der Waals surface area contributed by atoms with E-state index in [4.69, 9.17) is 0 Å². The number of hydrogen-bond donors (Lipinski definition) is 0. The first kappa shape index (κ1) is 19.7. The summed E-state index contributed by atoms with van der Waals surface area (Å²) in [5.41, 5.74) is 0.673. The van der Waals surface area contributed by atoms with Crippen molar-refractivity contribution >= 4 is 20.9 Å². The molecule has 0 fully saturated rings. The van der Waals surface area contributed by atoms with Gasteiger partial charge in [-0.3, -0.25) is 0 Å². The first-order chi connectivity index (χ1) is 9.89. The zero-order valence-electron chi connectivity index (χ0n) is 13.5. The smallest absolute Gasteiger partial charge is 0.744 e. The predicted molar refractivity (Wildman–Crippen MR) is 84.3 cm³/mol. The van der Waals surface area contributed by atoms with E-state index in [2.05, 4.69) is 13.8 Å². The maximum Gasteiger partial charge on any atom is 1.00 e. The molecular formula is C17H21NaO3S. The molecule has 0 N–H and O–H groups in total. The number of hydrogen-bond acceptors (Lipinski definition) is 3. The average Bonchev–Trinajstić information content (AvgIpc) is 2.42. The minimum absolute atomic E-state index is 0. The Kier molecular flexibility index (Phi) is 7.56. The number of benzene rings is 2. The van der Waals surface area contributed by atoms with Gasteiger partial charge in [0.05, 0.1) is 4.90 Å². The van der Waals surface area contributed by atoms with Crippen LogP contribution in [-0.2, 0) is 16.5 Å². The van der Waals surface area contributed by atoms with Crippen LogP contribution in [0.15, 0.2) is 41.3 Å². The molecular weight excluding hydrogens is 307 g/mol. The summed E-state index contributed by atoms with van der Waals surface area (Å²) in [5, 5.41) is 1.85. The molecule has 0 radical (unpaired) electrons. The molecule has 0 spiro atoms. The van der Waals surface area contributed by atoms with E-state index < -0.39 is 10.1 Å². The van der Waals surface area contributed by atoms with Crippen molar-refractivity contribution in [1.29, 1.82) is 0 Å². The number of unbranched alkanes of at least 4 members (excludes halogenated alkanes) is 1. The van der Waals surface area contributed by atoms with Crippen molar-refractivity contribution in [3.05, 3.63) is 42.0 Å². The van der Waals surface area contributed by atoms with Gasteiger partial charge < -0.3 is 4.55 Å². The van der Waals surface area contributed by atoms with Crippen molar-refractivity contribution in [2.75, 3.05) is 0 Å². The zero-order valence-corrected chi connectivity index (χ0v) is 16.3. The fourth-order valence-electron chi connectivity index (χ4n) is 2.66. The van der Waals surface area contributed by atoms with Crippen LogP contribution in [0.4, 0.5) is 0 Å². The molecule has 0 unspecified atom stereocenters. The summed E-state index contributed by atoms with van der Waals surface area (Å²) >= 11 is 0. The molecule has 2 aromatic carbocycles. The Labute approximate surface area is 155 Å². The fourth-order valence-corrected chi connectivity index (χ4v) is 3.41. The van der Waals surface area contributed by atoms with Crippen LogP contribution < -0.4 is 29.6 Å². The standard InChI is InChI=1S/C17H22O3S.Na/c1-13(2)7-3-5-10-16-15-9-6-4-8-14(15)11-12-17(16)21(18,19)20;/h4,6,8-9,11-13H,3,5,7,10H2,1-2H3,(H,18,19,20);/q;+1/p-1. The molecule has 3 nitrogen and oxygen atoms in total. The summed E-state index contributed by atoms with van der Waals surface area (Å²) in [4.78, 5) is -0.0641. The van der Waals surface area contributed by atoms with Gasteiger partial charge in [0, 0.05) is 0 Å². The Morgan fingerprint density at radius 1 is 1.05 bits per heavy atom. The third kappa shape index (κ3) is 5.07. The fraction of sp³-hybridized carbons (Fsp3) is 0.412. The van der Waals surface area contributed by atoms with Gasteiger partial charge in [-0.05, 0) is 41.2 Å². The molecule has 5 heteroatoms.